The van der Waals surface area contributed by atoms with Gasteiger partial charge in [-0.05, 0) is 18.3 Å². The normalized spacial score (nSPS) is 40.7. The van der Waals surface area contributed by atoms with Crippen LogP contribution in [0.25, 0.3) is 0 Å². The number of hydrogen-bond donors (Lipinski definition) is 0. The van der Waals surface area contributed by atoms with Crippen molar-refractivity contribution in [1.29, 1.82) is 0 Å². The lowest BCUT2D eigenvalue weighted by atomic mass is 9.84. The molecule has 0 spiro atoms. The van der Waals surface area contributed by atoms with Gasteiger partial charge in [0.25, 0.3) is 0 Å². The molecule has 2 bridgehead atoms. The summed E-state index contributed by atoms with van der Waals surface area (Å²) < 4.78 is 4.69. The summed E-state index contributed by atoms with van der Waals surface area (Å²) in [6.07, 6.45) is 5.91. The topological polar surface area (TPSA) is 43.4 Å². The van der Waals surface area contributed by atoms with Crippen molar-refractivity contribution in [1.82, 2.24) is 0 Å². The molecular weight excluding hydrogens is 168 g/mol. The van der Waals surface area contributed by atoms with Gasteiger partial charge < -0.3 is 9.53 Å². The second-order valence-corrected chi connectivity index (χ2v) is 3.71. The summed E-state index contributed by atoms with van der Waals surface area (Å²) in [6.45, 7) is 0. The molecule has 1 saturated carbocycles. The first-order valence-corrected chi connectivity index (χ1v) is 4.49. The van der Waals surface area contributed by atoms with E-state index in [1.54, 1.807) is 0 Å². The molecule has 3 heteroatoms. The van der Waals surface area contributed by atoms with Crippen molar-refractivity contribution in [3.63, 3.8) is 0 Å². The molecule has 2 rings (SSSR count). The van der Waals surface area contributed by atoms with Crippen molar-refractivity contribution >= 4 is 12.3 Å². The van der Waals surface area contributed by atoms with E-state index in [0.29, 0.717) is 0 Å². The Morgan fingerprint density at radius 3 is 2.77 bits per heavy atom. The van der Waals surface area contributed by atoms with Gasteiger partial charge in [0.15, 0.2) is 0 Å². The average Bonchev–Trinajstić information content (AvgIpc) is 2.74. The van der Waals surface area contributed by atoms with Gasteiger partial charge in [0.05, 0.1) is 13.0 Å². The van der Waals surface area contributed by atoms with Gasteiger partial charge in [-0.2, -0.15) is 0 Å². The minimum atomic E-state index is -0.242. The highest BCUT2D eigenvalue weighted by molar-refractivity contribution is 5.79. The largest absolute Gasteiger partial charge is 0.469 e. The molecule has 0 aromatic rings. The van der Waals surface area contributed by atoms with Crippen LogP contribution in [0.4, 0.5) is 0 Å². The molecule has 0 aliphatic heterocycles. The van der Waals surface area contributed by atoms with E-state index in [4.69, 9.17) is 0 Å². The van der Waals surface area contributed by atoms with Gasteiger partial charge in [-0.15, -0.1) is 0 Å². The SMILES string of the molecule is COC(=O)[C@H]1[C@H](C=O)[C@@H]2C=C[C@H]1C2. The van der Waals surface area contributed by atoms with Crippen LogP contribution < -0.4 is 0 Å². The summed E-state index contributed by atoms with van der Waals surface area (Å²) in [5.41, 5.74) is 0. The number of esters is 1. The lowest BCUT2D eigenvalue weighted by molar-refractivity contribution is -0.149. The first-order valence-electron chi connectivity index (χ1n) is 4.49. The lowest BCUT2D eigenvalue weighted by Gasteiger charge is -2.20. The quantitative estimate of drug-likeness (QED) is 0.358. The fraction of sp³-hybridized carbons (Fsp3) is 0.600. The van der Waals surface area contributed by atoms with E-state index >= 15 is 0 Å². The van der Waals surface area contributed by atoms with Crippen LogP contribution in [0.5, 0.6) is 0 Å². The van der Waals surface area contributed by atoms with Crippen molar-refractivity contribution in [2.75, 3.05) is 7.11 Å². The fourth-order valence-corrected chi connectivity index (χ4v) is 2.51. The molecule has 0 N–H and O–H groups in total. The summed E-state index contributed by atoms with van der Waals surface area (Å²) in [6, 6.07) is 0. The van der Waals surface area contributed by atoms with Crippen LogP contribution in [0, 0.1) is 23.7 Å². The Labute approximate surface area is 76.8 Å². The van der Waals surface area contributed by atoms with Crippen molar-refractivity contribution in [2.45, 2.75) is 6.42 Å². The molecule has 0 aromatic carbocycles. The number of allylic oxidation sites excluding steroid dienone is 2. The second-order valence-electron chi connectivity index (χ2n) is 3.71. The average molecular weight is 180 g/mol. The summed E-state index contributed by atoms with van der Waals surface area (Å²) in [7, 11) is 1.37. The van der Waals surface area contributed by atoms with Crippen LogP contribution in [0.15, 0.2) is 12.2 Å². The highest BCUT2D eigenvalue weighted by Crippen LogP contribution is 2.47. The summed E-state index contributed by atoms with van der Waals surface area (Å²) in [5, 5.41) is 0. The van der Waals surface area contributed by atoms with Gasteiger partial charge >= 0.3 is 5.97 Å². The third-order valence-electron chi connectivity index (χ3n) is 3.15. The predicted molar refractivity (Wildman–Crippen MR) is 45.8 cm³/mol. The van der Waals surface area contributed by atoms with Crippen LogP contribution in [-0.2, 0) is 14.3 Å². The van der Waals surface area contributed by atoms with Gasteiger partial charge in [0.1, 0.15) is 6.29 Å². The molecule has 70 valence electrons. The van der Waals surface area contributed by atoms with E-state index in [9.17, 15) is 9.59 Å². The molecule has 2 aliphatic carbocycles. The van der Waals surface area contributed by atoms with Crippen LogP contribution >= 0.6 is 0 Å². The van der Waals surface area contributed by atoms with Crippen LogP contribution in [0.2, 0.25) is 0 Å². The summed E-state index contributed by atoms with van der Waals surface area (Å²) in [4.78, 5) is 22.1. The third kappa shape index (κ3) is 1.10. The molecule has 0 amide bonds. The molecule has 3 nitrogen and oxygen atoms in total. The molecule has 0 aromatic heterocycles. The Kier molecular flexibility index (Phi) is 1.94. The Bertz CT molecular complexity index is 269. The number of hydrogen-bond acceptors (Lipinski definition) is 3. The van der Waals surface area contributed by atoms with E-state index in [1.807, 2.05) is 12.2 Å². The van der Waals surface area contributed by atoms with Crippen LogP contribution in [-0.4, -0.2) is 19.4 Å². The first kappa shape index (κ1) is 8.48. The predicted octanol–water partition coefficient (Wildman–Crippen LogP) is 0.797. The highest BCUT2D eigenvalue weighted by Gasteiger charge is 2.48. The minimum Gasteiger partial charge on any atom is -0.469 e. The fourth-order valence-electron chi connectivity index (χ4n) is 2.51. The van der Waals surface area contributed by atoms with Gasteiger partial charge in [-0.1, -0.05) is 12.2 Å². The van der Waals surface area contributed by atoms with Crippen molar-refractivity contribution in [3.05, 3.63) is 12.2 Å². The van der Waals surface area contributed by atoms with E-state index in [0.717, 1.165) is 12.7 Å². The third-order valence-corrected chi connectivity index (χ3v) is 3.15. The van der Waals surface area contributed by atoms with Gasteiger partial charge in [0.2, 0.25) is 0 Å². The van der Waals surface area contributed by atoms with Crippen molar-refractivity contribution in [2.24, 2.45) is 23.7 Å². The minimum absolute atomic E-state index is 0.151. The molecular formula is C10H12O3. The highest BCUT2D eigenvalue weighted by atomic mass is 16.5. The van der Waals surface area contributed by atoms with Crippen LogP contribution in [0.1, 0.15) is 6.42 Å². The van der Waals surface area contributed by atoms with Crippen LogP contribution in [0.3, 0.4) is 0 Å². The zero-order valence-corrected chi connectivity index (χ0v) is 7.47. The van der Waals surface area contributed by atoms with Crippen molar-refractivity contribution in [3.8, 4) is 0 Å². The summed E-state index contributed by atoms with van der Waals surface area (Å²) in [5.74, 6) is -0.117. The van der Waals surface area contributed by atoms with E-state index in [1.165, 1.54) is 7.11 Å². The maximum absolute atomic E-state index is 11.4. The maximum atomic E-state index is 11.4. The number of carbonyl (C=O) groups excluding carboxylic acids is 2. The van der Waals surface area contributed by atoms with Gasteiger partial charge in [0, 0.05) is 5.92 Å². The molecule has 0 saturated heterocycles. The smallest absolute Gasteiger partial charge is 0.310 e. The zero-order chi connectivity index (χ0) is 9.42. The summed E-state index contributed by atoms with van der Waals surface area (Å²) >= 11 is 0. The van der Waals surface area contributed by atoms with E-state index in [2.05, 4.69) is 4.74 Å². The Hall–Kier alpha value is -1.12. The number of fused-ring (bicyclic) bond motifs is 2. The van der Waals surface area contributed by atoms with Gasteiger partial charge in [-0.3, -0.25) is 4.79 Å². The number of rotatable bonds is 2. The second kappa shape index (κ2) is 2.98. The molecule has 2 aliphatic rings. The first-order chi connectivity index (χ1) is 6.27. The molecule has 0 heterocycles. The van der Waals surface area contributed by atoms with Crippen molar-refractivity contribution < 1.29 is 14.3 Å². The number of ether oxygens (including phenoxy) is 1. The van der Waals surface area contributed by atoms with Gasteiger partial charge in [-0.25, -0.2) is 0 Å². The standard InChI is InChI=1S/C10H12O3/c1-13-10(12)9-7-3-2-6(4-7)8(9)5-11/h2-3,5-9H,4H2,1H3/t6-,7+,8-,9-/m1/s1. The zero-order valence-electron chi connectivity index (χ0n) is 7.47. The molecule has 1 fully saturated rings. The van der Waals surface area contributed by atoms with E-state index < -0.39 is 0 Å². The number of carbonyl (C=O) groups is 2. The maximum Gasteiger partial charge on any atom is 0.310 e. The molecule has 13 heavy (non-hydrogen) atoms. The Morgan fingerprint density at radius 2 is 2.15 bits per heavy atom. The molecule has 4 atom stereocenters. The lowest BCUT2D eigenvalue weighted by Crippen LogP contribution is -2.29. The van der Waals surface area contributed by atoms with E-state index in [-0.39, 0.29) is 29.6 Å². The number of aldehydes is 1. The molecule has 0 unspecified atom stereocenters. The Morgan fingerprint density at radius 1 is 1.46 bits per heavy atom. The monoisotopic (exact) mass is 180 g/mol. The Balaban J connectivity index is 2.23. The molecule has 0 radical (unpaired) electrons. The number of methoxy groups -OCH3 is 1.